The molecule has 1 aliphatic heterocycles. The summed E-state index contributed by atoms with van der Waals surface area (Å²) in [5.41, 5.74) is 1.03. The SMILES string of the molecule is CC(C)(C)C1CCN(CCCOc2ccccc2C#N)C1. The van der Waals surface area contributed by atoms with Crippen molar-refractivity contribution in [3.63, 3.8) is 0 Å². The lowest BCUT2D eigenvalue weighted by atomic mass is 9.80. The molecule has 0 spiro atoms. The average molecular weight is 286 g/mol. The molecule has 1 aliphatic rings. The van der Waals surface area contributed by atoms with E-state index >= 15 is 0 Å². The molecule has 1 fully saturated rings. The van der Waals surface area contributed by atoms with E-state index in [4.69, 9.17) is 10.00 Å². The lowest BCUT2D eigenvalue weighted by Crippen LogP contribution is -2.27. The standard InChI is InChI=1S/C18H26N2O/c1-18(2,3)16-9-11-20(14-16)10-6-12-21-17-8-5-4-7-15(17)13-19/h4-5,7-8,16H,6,9-12,14H2,1-3H3. The highest BCUT2D eigenvalue weighted by molar-refractivity contribution is 5.42. The Morgan fingerprint density at radius 3 is 2.76 bits per heavy atom. The Kier molecular flexibility index (Phi) is 5.25. The molecule has 0 aliphatic carbocycles. The molecule has 1 saturated heterocycles. The zero-order chi connectivity index (χ0) is 15.3. The highest BCUT2D eigenvalue weighted by Crippen LogP contribution is 2.33. The minimum Gasteiger partial charge on any atom is -0.492 e. The summed E-state index contributed by atoms with van der Waals surface area (Å²) in [4.78, 5) is 2.54. The lowest BCUT2D eigenvalue weighted by Gasteiger charge is -2.27. The number of nitriles is 1. The molecule has 114 valence electrons. The normalized spacial score (nSPS) is 19.4. The first kappa shape index (κ1) is 15.9. The van der Waals surface area contributed by atoms with Gasteiger partial charge < -0.3 is 9.64 Å². The molecule has 2 rings (SSSR count). The maximum Gasteiger partial charge on any atom is 0.137 e. The summed E-state index contributed by atoms with van der Waals surface area (Å²) in [5, 5.41) is 9.01. The van der Waals surface area contributed by atoms with Crippen molar-refractivity contribution < 1.29 is 4.74 Å². The van der Waals surface area contributed by atoms with Crippen LogP contribution < -0.4 is 4.74 Å². The van der Waals surface area contributed by atoms with Gasteiger partial charge in [0.05, 0.1) is 12.2 Å². The molecule has 1 atom stereocenters. The summed E-state index contributed by atoms with van der Waals surface area (Å²) >= 11 is 0. The minimum absolute atomic E-state index is 0.414. The molecule has 1 heterocycles. The molecular weight excluding hydrogens is 260 g/mol. The second-order valence-corrected chi connectivity index (χ2v) is 6.96. The van der Waals surface area contributed by atoms with Gasteiger partial charge in [0.2, 0.25) is 0 Å². The predicted molar refractivity (Wildman–Crippen MR) is 85.3 cm³/mol. The van der Waals surface area contributed by atoms with Gasteiger partial charge in [0, 0.05) is 13.1 Å². The van der Waals surface area contributed by atoms with Gasteiger partial charge in [-0.05, 0) is 42.9 Å². The van der Waals surface area contributed by atoms with Crippen molar-refractivity contribution in [3.05, 3.63) is 29.8 Å². The van der Waals surface area contributed by atoms with Crippen molar-refractivity contribution >= 4 is 0 Å². The molecule has 1 aromatic rings. The number of rotatable bonds is 5. The number of hydrogen-bond acceptors (Lipinski definition) is 3. The van der Waals surface area contributed by atoms with Gasteiger partial charge in [-0.25, -0.2) is 0 Å². The van der Waals surface area contributed by atoms with Crippen molar-refractivity contribution in [1.29, 1.82) is 5.26 Å². The molecule has 0 aromatic heterocycles. The average Bonchev–Trinajstić information content (AvgIpc) is 2.93. The fourth-order valence-electron chi connectivity index (χ4n) is 2.90. The molecule has 0 radical (unpaired) electrons. The van der Waals surface area contributed by atoms with E-state index in [0.717, 1.165) is 18.9 Å². The Balaban J connectivity index is 1.70. The summed E-state index contributed by atoms with van der Waals surface area (Å²) in [6, 6.07) is 9.60. The minimum atomic E-state index is 0.414. The van der Waals surface area contributed by atoms with Crippen LogP contribution in [0.5, 0.6) is 5.75 Å². The fraction of sp³-hybridized carbons (Fsp3) is 0.611. The van der Waals surface area contributed by atoms with Gasteiger partial charge in [-0.15, -0.1) is 0 Å². The van der Waals surface area contributed by atoms with Gasteiger partial charge in [0.15, 0.2) is 0 Å². The molecule has 0 saturated carbocycles. The summed E-state index contributed by atoms with van der Waals surface area (Å²) in [5.74, 6) is 1.51. The van der Waals surface area contributed by atoms with Crippen molar-refractivity contribution in [2.24, 2.45) is 11.3 Å². The first-order valence-electron chi connectivity index (χ1n) is 7.85. The van der Waals surface area contributed by atoms with Gasteiger partial charge in [0.1, 0.15) is 11.8 Å². The summed E-state index contributed by atoms with van der Waals surface area (Å²) < 4.78 is 5.73. The monoisotopic (exact) mass is 286 g/mol. The van der Waals surface area contributed by atoms with Crippen LogP contribution in [0, 0.1) is 22.7 Å². The fourth-order valence-corrected chi connectivity index (χ4v) is 2.90. The molecule has 1 aromatic carbocycles. The number of nitrogens with zero attached hydrogens (tertiary/aromatic N) is 2. The van der Waals surface area contributed by atoms with Crippen LogP contribution in [0.3, 0.4) is 0 Å². The first-order valence-corrected chi connectivity index (χ1v) is 7.85. The second-order valence-electron chi connectivity index (χ2n) is 6.96. The number of hydrogen-bond donors (Lipinski definition) is 0. The van der Waals surface area contributed by atoms with Crippen molar-refractivity contribution in [3.8, 4) is 11.8 Å². The highest BCUT2D eigenvalue weighted by Gasteiger charge is 2.31. The Morgan fingerprint density at radius 1 is 1.33 bits per heavy atom. The molecule has 3 heteroatoms. The van der Waals surface area contributed by atoms with E-state index in [9.17, 15) is 0 Å². The molecule has 1 unspecified atom stereocenters. The quantitative estimate of drug-likeness (QED) is 0.774. The van der Waals surface area contributed by atoms with E-state index < -0.39 is 0 Å². The van der Waals surface area contributed by atoms with E-state index in [-0.39, 0.29) is 0 Å². The first-order chi connectivity index (χ1) is 10.0. The number of benzene rings is 1. The van der Waals surface area contributed by atoms with E-state index in [1.54, 1.807) is 6.07 Å². The van der Waals surface area contributed by atoms with Crippen LogP contribution in [0.1, 0.15) is 39.2 Å². The van der Waals surface area contributed by atoms with Crippen molar-refractivity contribution in [2.45, 2.75) is 33.6 Å². The number of ether oxygens (including phenoxy) is 1. The largest absolute Gasteiger partial charge is 0.492 e. The van der Waals surface area contributed by atoms with Gasteiger partial charge in [-0.1, -0.05) is 32.9 Å². The van der Waals surface area contributed by atoms with Crippen molar-refractivity contribution in [2.75, 3.05) is 26.2 Å². The van der Waals surface area contributed by atoms with Crippen LogP contribution in [0.2, 0.25) is 0 Å². The molecule has 0 amide bonds. The second kappa shape index (κ2) is 6.95. The van der Waals surface area contributed by atoms with Crippen LogP contribution in [0.4, 0.5) is 0 Å². The zero-order valence-electron chi connectivity index (χ0n) is 13.4. The van der Waals surface area contributed by atoms with Gasteiger partial charge in [-0.3, -0.25) is 0 Å². The van der Waals surface area contributed by atoms with Crippen LogP contribution in [-0.4, -0.2) is 31.1 Å². The van der Waals surface area contributed by atoms with Crippen LogP contribution in [-0.2, 0) is 0 Å². The van der Waals surface area contributed by atoms with Gasteiger partial charge in [0.25, 0.3) is 0 Å². The van der Waals surface area contributed by atoms with E-state index in [0.29, 0.717) is 23.3 Å². The Morgan fingerprint density at radius 2 is 2.10 bits per heavy atom. The lowest BCUT2D eigenvalue weighted by molar-refractivity contribution is 0.218. The molecule has 0 bridgehead atoms. The highest BCUT2D eigenvalue weighted by atomic mass is 16.5. The molecule has 0 N–H and O–H groups in total. The Bertz CT molecular complexity index is 499. The molecule has 21 heavy (non-hydrogen) atoms. The summed E-state index contributed by atoms with van der Waals surface area (Å²) in [6.45, 7) is 11.2. The number of para-hydroxylation sites is 1. The molecular formula is C18H26N2O. The van der Waals surface area contributed by atoms with E-state index in [1.807, 2.05) is 18.2 Å². The maximum atomic E-state index is 9.01. The van der Waals surface area contributed by atoms with Gasteiger partial charge in [-0.2, -0.15) is 5.26 Å². The van der Waals surface area contributed by atoms with E-state index in [1.165, 1.54) is 19.5 Å². The predicted octanol–water partition coefficient (Wildman–Crippen LogP) is 3.70. The third kappa shape index (κ3) is 4.47. The summed E-state index contributed by atoms with van der Waals surface area (Å²) in [6.07, 6.45) is 2.32. The van der Waals surface area contributed by atoms with Crippen LogP contribution >= 0.6 is 0 Å². The third-order valence-electron chi connectivity index (χ3n) is 4.38. The van der Waals surface area contributed by atoms with Crippen molar-refractivity contribution in [1.82, 2.24) is 4.90 Å². The molecule has 3 nitrogen and oxygen atoms in total. The van der Waals surface area contributed by atoms with Crippen LogP contribution in [0.25, 0.3) is 0 Å². The van der Waals surface area contributed by atoms with Crippen LogP contribution in [0.15, 0.2) is 24.3 Å². The topological polar surface area (TPSA) is 36.3 Å². The summed E-state index contributed by atoms with van der Waals surface area (Å²) in [7, 11) is 0. The zero-order valence-corrected chi connectivity index (χ0v) is 13.4. The smallest absolute Gasteiger partial charge is 0.137 e. The number of likely N-dealkylation sites (tertiary alicyclic amines) is 1. The van der Waals surface area contributed by atoms with Gasteiger partial charge >= 0.3 is 0 Å². The Hall–Kier alpha value is -1.53. The Labute approximate surface area is 128 Å². The third-order valence-corrected chi connectivity index (χ3v) is 4.38. The van der Waals surface area contributed by atoms with E-state index in [2.05, 4.69) is 31.7 Å². The maximum absolute atomic E-state index is 9.01.